The summed E-state index contributed by atoms with van der Waals surface area (Å²) in [5, 5.41) is 26.1. The van der Waals surface area contributed by atoms with Crippen molar-refractivity contribution in [1.82, 2.24) is 4.98 Å². The standard InChI is InChI=1S/C18H12ClF6N7/c19-13-5-11(18(23,24)25)9-30-16(13)29-4-3-28-14-2-1-10(17(20,21)22)6-15(14)32-31-12(7-26)8-27/h1-2,5-6,9,28,32H,3-4H2,(H,29,30). The molecule has 0 spiro atoms. The van der Waals surface area contributed by atoms with Crippen molar-refractivity contribution in [3.05, 3.63) is 46.6 Å². The van der Waals surface area contributed by atoms with Crippen molar-refractivity contribution in [1.29, 1.82) is 10.5 Å². The van der Waals surface area contributed by atoms with Crippen LogP contribution < -0.4 is 16.1 Å². The van der Waals surface area contributed by atoms with Gasteiger partial charge in [0.05, 0.1) is 27.5 Å². The fourth-order valence-electron chi connectivity index (χ4n) is 2.26. The number of hydrazone groups is 1. The first kappa shape index (κ1) is 24.6. The lowest BCUT2D eigenvalue weighted by atomic mass is 10.1. The normalized spacial score (nSPS) is 11.2. The SMILES string of the molecule is N#CC(C#N)=NNc1cc(C(F)(F)F)ccc1NCCNc1ncc(C(F)(F)F)cc1Cl. The maximum absolute atomic E-state index is 13.0. The summed E-state index contributed by atoms with van der Waals surface area (Å²) in [6.07, 6.45) is -8.62. The third-order valence-corrected chi connectivity index (χ3v) is 4.04. The highest BCUT2D eigenvalue weighted by Gasteiger charge is 2.32. The van der Waals surface area contributed by atoms with Gasteiger partial charge in [-0.05, 0) is 24.3 Å². The monoisotopic (exact) mass is 475 g/mol. The summed E-state index contributed by atoms with van der Waals surface area (Å²) in [4.78, 5) is 3.61. The number of alkyl halides is 6. The van der Waals surface area contributed by atoms with E-state index in [1.165, 1.54) is 12.1 Å². The van der Waals surface area contributed by atoms with Crippen LogP contribution in [0.5, 0.6) is 0 Å². The Balaban J connectivity index is 2.10. The van der Waals surface area contributed by atoms with E-state index in [0.29, 0.717) is 12.3 Å². The Bertz CT molecular complexity index is 1070. The zero-order valence-corrected chi connectivity index (χ0v) is 16.5. The number of nitrogens with one attached hydrogen (secondary N) is 3. The molecule has 1 aromatic carbocycles. The Morgan fingerprint density at radius 3 is 2.12 bits per heavy atom. The highest BCUT2D eigenvalue weighted by atomic mass is 35.5. The minimum Gasteiger partial charge on any atom is -0.382 e. The summed E-state index contributed by atoms with van der Waals surface area (Å²) in [7, 11) is 0. The number of nitriles is 2. The van der Waals surface area contributed by atoms with Gasteiger partial charge in [-0.25, -0.2) is 4.98 Å². The minimum atomic E-state index is -4.64. The van der Waals surface area contributed by atoms with Crippen molar-refractivity contribution in [2.45, 2.75) is 12.4 Å². The van der Waals surface area contributed by atoms with Crippen LogP contribution in [-0.4, -0.2) is 23.8 Å². The first-order valence-electron chi connectivity index (χ1n) is 8.51. The lowest BCUT2D eigenvalue weighted by Gasteiger charge is -2.15. The Kier molecular flexibility index (Phi) is 7.72. The van der Waals surface area contributed by atoms with E-state index in [0.717, 1.165) is 18.2 Å². The molecule has 0 radical (unpaired) electrons. The molecule has 0 saturated carbocycles. The lowest BCUT2D eigenvalue weighted by Crippen LogP contribution is -2.16. The number of anilines is 3. The maximum atomic E-state index is 13.0. The fraction of sp³-hybridized carbons (Fsp3) is 0.222. The second-order valence-electron chi connectivity index (χ2n) is 5.96. The second-order valence-corrected chi connectivity index (χ2v) is 6.37. The summed E-state index contributed by atoms with van der Waals surface area (Å²) in [6.45, 7) is 0.176. The number of rotatable bonds is 7. The smallest absolute Gasteiger partial charge is 0.382 e. The van der Waals surface area contributed by atoms with Crippen molar-refractivity contribution < 1.29 is 26.3 Å². The molecule has 1 heterocycles. The number of hydrogen-bond acceptors (Lipinski definition) is 7. The molecule has 0 saturated heterocycles. The van der Waals surface area contributed by atoms with Crippen LogP contribution in [0.25, 0.3) is 0 Å². The van der Waals surface area contributed by atoms with Crippen LogP contribution in [-0.2, 0) is 12.4 Å². The van der Waals surface area contributed by atoms with Crippen LogP contribution >= 0.6 is 11.6 Å². The molecule has 2 aromatic rings. The fourth-order valence-corrected chi connectivity index (χ4v) is 2.49. The van der Waals surface area contributed by atoms with Crippen LogP contribution in [0.1, 0.15) is 11.1 Å². The minimum absolute atomic E-state index is 0.00971. The molecule has 1 aromatic heterocycles. The van der Waals surface area contributed by atoms with E-state index >= 15 is 0 Å². The van der Waals surface area contributed by atoms with Gasteiger partial charge >= 0.3 is 12.4 Å². The quantitative estimate of drug-likeness (QED) is 0.222. The van der Waals surface area contributed by atoms with E-state index < -0.39 is 29.2 Å². The summed E-state index contributed by atoms with van der Waals surface area (Å²) in [5.74, 6) is -0.00971. The summed E-state index contributed by atoms with van der Waals surface area (Å²) in [5.41, 5.74) is -0.368. The van der Waals surface area contributed by atoms with Gasteiger partial charge in [0.1, 0.15) is 18.0 Å². The Hall–Kier alpha value is -3.71. The Morgan fingerprint density at radius 2 is 1.56 bits per heavy atom. The predicted octanol–water partition coefficient (Wildman–Crippen LogP) is 5.11. The van der Waals surface area contributed by atoms with Gasteiger partial charge < -0.3 is 10.6 Å². The van der Waals surface area contributed by atoms with Crippen LogP contribution in [0.2, 0.25) is 5.02 Å². The van der Waals surface area contributed by atoms with E-state index in [1.54, 1.807) is 0 Å². The van der Waals surface area contributed by atoms with Crippen molar-refractivity contribution in [2.75, 3.05) is 29.1 Å². The molecule has 0 aliphatic carbocycles. The molecule has 7 nitrogen and oxygen atoms in total. The molecule has 0 unspecified atom stereocenters. The van der Waals surface area contributed by atoms with Gasteiger partial charge in [-0.1, -0.05) is 11.6 Å². The number of aromatic nitrogens is 1. The molecule has 0 aliphatic rings. The third kappa shape index (κ3) is 6.65. The highest BCUT2D eigenvalue weighted by Crippen LogP contribution is 2.34. The maximum Gasteiger partial charge on any atom is 0.417 e. The molecule has 32 heavy (non-hydrogen) atoms. The van der Waals surface area contributed by atoms with Gasteiger partial charge in [0.2, 0.25) is 5.71 Å². The Morgan fingerprint density at radius 1 is 0.938 bits per heavy atom. The average molecular weight is 476 g/mol. The van der Waals surface area contributed by atoms with Gasteiger partial charge in [0.25, 0.3) is 0 Å². The first-order chi connectivity index (χ1) is 15.0. The van der Waals surface area contributed by atoms with Gasteiger partial charge in [-0.15, -0.1) is 0 Å². The van der Waals surface area contributed by atoms with E-state index in [4.69, 9.17) is 22.1 Å². The zero-order chi connectivity index (χ0) is 23.9. The molecule has 0 bridgehead atoms. The van der Waals surface area contributed by atoms with Crippen molar-refractivity contribution in [2.24, 2.45) is 5.10 Å². The lowest BCUT2D eigenvalue weighted by molar-refractivity contribution is -0.138. The van der Waals surface area contributed by atoms with Gasteiger partial charge in [-0.3, -0.25) is 5.43 Å². The number of nitrogens with zero attached hydrogens (tertiary/aromatic N) is 4. The number of benzene rings is 1. The van der Waals surface area contributed by atoms with Crippen molar-refractivity contribution in [3.63, 3.8) is 0 Å². The number of halogens is 7. The topological polar surface area (TPSA) is 109 Å². The predicted molar refractivity (Wildman–Crippen MR) is 105 cm³/mol. The van der Waals surface area contributed by atoms with Gasteiger partial charge in [0.15, 0.2) is 0 Å². The van der Waals surface area contributed by atoms with Crippen LogP contribution in [0.15, 0.2) is 35.6 Å². The molecule has 0 atom stereocenters. The van der Waals surface area contributed by atoms with Crippen LogP contribution in [0, 0.1) is 22.7 Å². The average Bonchev–Trinajstić information content (AvgIpc) is 2.72. The molecule has 2 rings (SSSR count). The van der Waals surface area contributed by atoms with Gasteiger partial charge in [0, 0.05) is 19.3 Å². The molecular formula is C18H12ClF6N7. The molecule has 14 heteroatoms. The first-order valence-corrected chi connectivity index (χ1v) is 8.89. The largest absolute Gasteiger partial charge is 0.417 e. The van der Waals surface area contributed by atoms with E-state index in [1.807, 2.05) is 0 Å². The van der Waals surface area contributed by atoms with Gasteiger partial charge in [-0.2, -0.15) is 42.0 Å². The molecule has 0 fully saturated rings. The molecule has 168 valence electrons. The number of hydrogen-bond donors (Lipinski definition) is 3. The third-order valence-electron chi connectivity index (χ3n) is 3.75. The molecular weight excluding hydrogens is 464 g/mol. The molecule has 3 N–H and O–H groups in total. The highest BCUT2D eigenvalue weighted by molar-refractivity contribution is 6.32. The van der Waals surface area contributed by atoms with E-state index in [9.17, 15) is 26.3 Å². The molecule has 0 aliphatic heterocycles. The van der Waals surface area contributed by atoms with Crippen molar-refractivity contribution >= 4 is 34.5 Å². The summed E-state index contributed by atoms with van der Waals surface area (Å²) >= 11 is 5.79. The van der Waals surface area contributed by atoms with Crippen LogP contribution in [0.3, 0.4) is 0 Å². The van der Waals surface area contributed by atoms with E-state index in [-0.39, 0.29) is 35.3 Å². The van der Waals surface area contributed by atoms with E-state index in [2.05, 4.69) is 26.1 Å². The Labute approximate surface area is 182 Å². The van der Waals surface area contributed by atoms with Crippen LogP contribution in [0.4, 0.5) is 43.5 Å². The number of pyridine rings is 1. The van der Waals surface area contributed by atoms with Crippen molar-refractivity contribution in [3.8, 4) is 12.1 Å². The zero-order valence-electron chi connectivity index (χ0n) is 15.7. The second kappa shape index (κ2) is 10.1. The summed E-state index contributed by atoms with van der Waals surface area (Å²) in [6, 6.07) is 6.29. The summed E-state index contributed by atoms with van der Waals surface area (Å²) < 4.78 is 76.9. The molecule has 0 amide bonds.